The number of piperidine rings is 1. The Kier molecular flexibility index (Phi) is 6.48. The molecule has 0 aliphatic carbocycles. The third-order valence-electron chi connectivity index (χ3n) is 5.02. The van der Waals surface area contributed by atoms with E-state index in [1.54, 1.807) is 12.1 Å². The van der Waals surface area contributed by atoms with Gasteiger partial charge in [0.15, 0.2) is 0 Å². The van der Waals surface area contributed by atoms with Crippen molar-refractivity contribution in [3.8, 4) is 0 Å². The predicted octanol–water partition coefficient (Wildman–Crippen LogP) is 4.71. The molecule has 1 fully saturated rings. The minimum Gasteiger partial charge on any atom is -0.393 e. The van der Waals surface area contributed by atoms with E-state index >= 15 is 0 Å². The summed E-state index contributed by atoms with van der Waals surface area (Å²) >= 11 is 1.36. The van der Waals surface area contributed by atoms with Crippen molar-refractivity contribution in [3.05, 3.63) is 48.0 Å². The van der Waals surface area contributed by atoms with E-state index in [0.29, 0.717) is 36.5 Å². The summed E-state index contributed by atoms with van der Waals surface area (Å²) in [6, 6.07) is 10.8. The molecule has 2 aromatic rings. The van der Waals surface area contributed by atoms with E-state index in [9.17, 15) is 23.1 Å². The predicted molar refractivity (Wildman–Crippen MR) is 108 cm³/mol. The van der Waals surface area contributed by atoms with Gasteiger partial charge in [0.2, 0.25) is 5.91 Å². The summed E-state index contributed by atoms with van der Waals surface area (Å²) in [4.78, 5) is 18.0. The molecule has 1 saturated heterocycles. The monoisotopic (exact) mass is 444 g/mol. The number of likely N-dealkylation sites (tertiary alicyclic amines) is 1. The van der Waals surface area contributed by atoms with Gasteiger partial charge in [0.05, 0.1) is 29.6 Å². The van der Waals surface area contributed by atoms with Crippen LogP contribution in [-0.4, -0.2) is 41.7 Å². The quantitative estimate of drug-likeness (QED) is 0.728. The minimum atomic E-state index is -4.48. The van der Waals surface area contributed by atoms with E-state index in [2.05, 4.69) is 0 Å². The molecule has 2 heterocycles. The molecule has 2 aliphatic heterocycles. The van der Waals surface area contributed by atoms with Crippen LogP contribution in [-0.2, 0) is 11.0 Å². The number of alkyl halides is 3. The summed E-state index contributed by atoms with van der Waals surface area (Å²) in [6.07, 6.45) is -3.65. The number of rotatable bonds is 2. The number of carbonyl (C=O) groups is 1. The number of hydrogen-bond donors (Lipinski definition) is 1. The van der Waals surface area contributed by atoms with Crippen LogP contribution in [0.2, 0.25) is 0 Å². The van der Waals surface area contributed by atoms with Crippen LogP contribution in [0.25, 0.3) is 0 Å². The molecule has 0 saturated carbocycles. The molecule has 4 nitrogen and oxygen atoms in total. The van der Waals surface area contributed by atoms with Crippen LogP contribution in [0.3, 0.4) is 0 Å². The molecular formula is C20H20ClF3N2O2S. The largest absolute Gasteiger partial charge is 0.416 e. The molecule has 1 amide bonds. The Balaban J connectivity index is 0.00000240. The number of anilines is 2. The average molecular weight is 445 g/mol. The molecule has 0 spiro atoms. The van der Waals surface area contributed by atoms with Crippen molar-refractivity contribution in [1.29, 1.82) is 0 Å². The molecule has 2 aliphatic rings. The summed E-state index contributed by atoms with van der Waals surface area (Å²) in [5.41, 5.74) is 0.0899. The molecule has 9 heteroatoms. The van der Waals surface area contributed by atoms with E-state index in [-0.39, 0.29) is 36.7 Å². The number of halogens is 4. The molecule has 0 aromatic heterocycles. The zero-order valence-corrected chi connectivity index (χ0v) is 17.0. The summed E-state index contributed by atoms with van der Waals surface area (Å²) in [7, 11) is 0. The van der Waals surface area contributed by atoms with Gasteiger partial charge in [0.25, 0.3) is 0 Å². The Morgan fingerprint density at radius 2 is 1.72 bits per heavy atom. The lowest BCUT2D eigenvalue weighted by atomic mass is 10.1. The third kappa shape index (κ3) is 4.55. The normalized spacial score (nSPS) is 17.3. The number of benzene rings is 2. The second-order valence-corrected chi connectivity index (χ2v) is 8.07. The van der Waals surface area contributed by atoms with Crippen LogP contribution in [0.4, 0.5) is 24.5 Å². The van der Waals surface area contributed by atoms with Gasteiger partial charge in [-0.2, -0.15) is 13.2 Å². The van der Waals surface area contributed by atoms with Crippen molar-refractivity contribution in [2.45, 2.75) is 34.9 Å². The second-order valence-electron chi connectivity index (χ2n) is 6.99. The Morgan fingerprint density at radius 3 is 2.41 bits per heavy atom. The fourth-order valence-electron chi connectivity index (χ4n) is 3.54. The summed E-state index contributed by atoms with van der Waals surface area (Å²) in [5.74, 6) is -0.273. The van der Waals surface area contributed by atoms with Gasteiger partial charge >= 0.3 is 6.18 Å². The third-order valence-corrected chi connectivity index (χ3v) is 6.15. The minimum absolute atomic E-state index is 0. The molecular weight excluding hydrogens is 425 g/mol. The first-order valence-electron chi connectivity index (χ1n) is 9.04. The number of fused-ring (bicyclic) bond motifs is 2. The standard InChI is InChI=1S/C20H19F3N2O2S.ClH/c21-20(22,23)13-5-6-18-16(11-13)25(15-3-1-2-4-17(15)28-18)19(27)12-24-9-7-14(26)8-10-24;/h1-6,11,14,26H,7-10,12H2;1H. The molecule has 0 radical (unpaired) electrons. The van der Waals surface area contributed by atoms with Gasteiger partial charge in [-0.1, -0.05) is 23.9 Å². The van der Waals surface area contributed by atoms with Crippen molar-refractivity contribution in [1.82, 2.24) is 4.90 Å². The van der Waals surface area contributed by atoms with E-state index in [1.165, 1.54) is 22.7 Å². The van der Waals surface area contributed by atoms with Gasteiger partial charge in [0, 0.05) is 22.9 Å². The van der Waals surface area contributed by atoms with Crippen molar-refractivity contribution in [2.24, 2.45) is 0 Å². The van der Waals surface area contributed by atoms with Crippen molar-refractivity contribution in [2.75, 3.05) is 24.5 Å². The molecule has 29 heavy (non-hydrogen) atoms. The number of hydrogen-bond acceptors (Lipinski definition) is 4. The highest BCUT2D eigenvalue weighted by molar-refractivity contribution is 7.99. The number of para-hydroxylation sites is 1. The van der Waals surface area contributed by atoms with Crippen molar-refractivity contribution in [3.63, 3.8) is 0 Å². The van der Waals surface area contributed by atoms with Crippen molar-refractivity contribution < 1.29 is 23.1 Å². The SMILES string of the molecule is Cl.O=C(CN1CCC(O)CC1)N1c2ccccc2Sc2ccc(C(F)(F)F)cc21. The van der Waals surface area contributed by atoms with Gasteiger partial charge < -0.3 is 5.11 Å². The first-order valence-corrected chi connectivity index (χ1v) is 9.86. The fraction of sp³-hybridized carbons (Fsp3) is 0.350. The Morgan fingerprint density at radius 1 is 1.07 bits per heavy atom. The lowest BCUT2D eigenvalue weighted by Crippen LogP contribution is -2.43. The molecule has 156 valence electrons. The maximum atomic E-state index is 13.2. The number of aliphatic hydroxyl groups excluding tert-OH is 1. The van der Waals surface area contributed by atoms with Crippen LogP contribution in [0.5, 0.6) is 0 Å². The van der Waals surface area contributed by atoms with Crippen LogP contribution >= 0.6 is 24.2 Å². The lowest BCUT2D eigenvalue weighted by Gasteiger charge is -2.34. The maximum absolute atomic E-state index is 13.2. The molecule has 2 aromatic carbocycles. The summed E-state index contributed by atoms with van der Waals surface area (Å²) in [5, 5.41) is 9.65. The van der Waals surface area contributed by atoms with E-state index < -0.39 is 11.7 Å². The van der Waals surface area contributed by atoms with Crippen molar-refractivity contribution >= 4 is 41.5 Å². The Labute approximate surface area is 177 Å². The van der Waals surface area contributed by atoms with Crippen LogP contribution < -0.4 is 4.90 Å². The fourth-order valence-corrected chi connectivity index (χ4v) is 4.58. The molecule has 0 atom stereocenters. The smallest absolute Gasteiger partial charge is 0.393 e. The second kappa shape index (κ2) is 8.55. The molecule has 4 rings (SSSR count). The zero-order chi connectivity index (χ0) is 19.9. The molecule has 0 bridgehead atoms. The topological polar surface area (TPSA) is 43.8 Å². The van der Waals surface area contributed by atoms with Gasteiger partial charge in [-0.3, -0.25) is 14.6 Å². The number of aliphatic hydroxyl groups is 1. The number of amides is 1. The highest BCUT2D eigenvalue weighted by Crippen LogP contribution is 2.49. The maximum Gasteiger partial charge on any atom is 0.416 e. The van der Waals surface area contributed by atoms with Gasteiger partial charge in [-0.05, 0) is 43.2 Å². The summed E-state index contributed by atoms with van der Waals surface area (Å²) in [6.45, 7) is 1.28. The number of carbonyl (C=O) groups excluding carboxylic acids is 1. The lowest BCUT2D eigenvalue weighted by molar-refractivity contribution is -0.137. The van der Waals surface area contributed by atoms with Gasteiger partial charge in [-0.25, -0.2) is 0 Å². The first-order chi connectivity index (χ1) is 13.3. The Hall–Kier alpha value is -1.74. The zero-order valence-electron chi connectivity index (χ0n) is 15.4. The highest BCUT2D eigenvalue weighted by Gasteiger charge is 2.35. The van der Waals surface area contributed by atoms with Gasteiger partial charge in [0.1, 0.15) is 0 Å². The molecule has 1 N–H and O–H groups in total. The van der Waals surface area contributed by atoms with Crippen LogP contribution in [0.1, 0.15) is 18.4 Å². The van der Waals surface area contributed by atoms with E-state index in [4.69, 9.17) is 0 Å². The van der Waals surface area contributed by atoms with E-state index in [0.717, 1.165) is 17.0 Å². The highest BCUT2D eigenvalue weighted by atomic mass is 35.5. The molecule has 0 unspecified atom stereocenters. The van der Waals surface area contributed by atoms with Gasteiger partial charge in [-0.15, -0.1) is 12.4 Å². The number of nitrogens with zero attached hydrogens (tertiary/aromatic N) is 2. The van der Waals surface area contributed by atoms with Crippen LogP contribution in [0.15, 0.2) is 52.3 Å². The Bertz CT molecular complexity index is 902. The van der Waals surface area contributed by atoms with Crippen LogP contribution in [0, 0.1) is 0 Å². The average Bonchev–Trinajstić information content (AvgIpc) is 2.66. The first kappa shape index (κ1) is 22.0. The van der Waals surface area contributed by atoms with E-state index in [1.807, 2.05) is 17.0 Å². The summed E-state index contributed by atoms with van der Waals surface area (Å²) < 4.78 is 39.7.